The van der Waals surface area contributed by atoms with Gasteiger partial charge >= 0.3 is 0 Å². The van der Waals surface area contributed by atoms with Gasteiger partial charge in [0.2, 0.25) is 6.17 Å². The molecule has 0 saturated carbocycles. The fourth-order valence-electron chi connectivity index (χ4n) is 3.50. The SMILES string of the molecule is COc1ccc(NC(=S)NC2N=C(c3ccccc3)c3cc(Cl)ccc3N(C)C2=O)cc1Cl. The molecule has 1 atom stereocenters. The van der Waals surface area contributed by atoms with Crippen LogP contribution >= 0.6 is 35.4 Å². The van der Waals surface area contributed by atoms with Gasteiger partial charge in [-0.15, -0.1) is 0 Å². The molecular formula is C24H20Cl2N4O2S. The molecule has 1 amide bonds. The van der Waals surface area contributed by atoms with E-state index in [0.717, 1.165) is 11.1 Å². The van der Waals surface area contributed by atoms with Gasteiger partial charge in [-0.05, 0) is 48.6 Å². The molecule has 3 aromatic rings. The molecule has 168 valence electrons. The smallest absolute Gasteiger partial charge is 0.272 e. The van der Waals surface area contributed by atoms with Crippen LogP contribution in [0.2, 0.25) is 10.0 Å². The topological polar surface area (TPSA) is 66.0 Å². The predicted octanol–water partition coefficient (Wildman–Crippen LogP) is 5.13. The van der Waals surface area contributed by atoms with Crippen LogP contribution in [0.25, 0.3) is 0 Å². The summed E-state index contributed by atoms with van der Waals surface area (Å²) in [6, 6.07) is 20.2. The van der Waals surface area contributed by atoms with Gasteiger partial charge in [0.15, 0.2) is 5.11 Å². The summed E-state index contributed by atoms with van der Waals surface area (Å²) in [5.74, 6) is 0.289. The molecule has 6 nitrogen and oxygen atoms in total. The number of benzodiazepines with no additional fused rings is 1. The van der Waals surface area contributed by atoms with Gasteiger partial charge in [-0.25, -0.2) is 4.99 Å². The van der Waals surface area contributed by atoms with Crippen LogP contribution in [-0.2, 0) is 4.79 Å². The maximum absolute atomic E-state index is 13.3. The predicted molar refractivity (Wildman–Crippen MR) is 138 cm³/mol. The standard InChI is InChI=1S/C24H20Cl2N4O2S/c1-30-19-10-8-15(25)12-17(19)21(14-6-4-3-5-7-14)28-22(23(30)31)29-24(33)27-16-9-11-20(32-2)18(26)13-16/h3-13,22H,1-2H3,(H2,27,29,33). The van der Waals surface area contributed by atoms with Crippen molar-refractivity contribution < 1.29 is 9.53 Å². The summed E-state index contributed by atoms with van der Waals surface area (Å²) in [7, 11) is 3.25. The highest BCUT2D eigenvalue weighted by molar-refractivity contribution is 7.80. The summed E-state index contributed by atoms with van der Waals surface area (Å²) in [4.78, 5) is 19.6. The number of carbonyl (C=O) groups excluding carboxylic acids is 1. The number of halogens is 2. The number of amides is 1. The first kappa shape index (κ1) is 23.0. The second-order valence-corrected chi connectivity index (χ2v) is 8.50. The monoisotopic (exact) mass is 498 g/mol. The molecule has 0 aliphatic carbocycles. The van der Waals surface area contributed by atoms with Crippen molar-refractivity contribution >= 4 is 63.5 Å². The summed E-state index contributed by atoms with van der Waals surface area (Å²) < 4.78 is 5.17. The molecule has 2 N–H and O–H groups in total. The third-order valence-electron chi connectivity index (χ3n) is 5.12. The Morgan fingerprint density at radius 2 is 1.85 bits per heavy atom. The van der Waals surface area contributed by atoms with Gasteiger partial charge in [0, 0.05) is 28.9 Å². The van der Waals surface area contributed by atoms with Crippen molar-refractivity contribution in [1.29, 1.82) is 0 Å². The normalized spacial score (nSPS) is 15.3. The first-order chi connectivity index (χ1) is 15.9. The van der Waals surface area contributed by atoms with Crippen molar-refractivity contribution in [1.82, 2.24) is 5.32 Å². The van der Waals surface area contributed by atoms with Crippen molar-refractivity contribution in [3.8, 4) is 5.75 Å². The number of anilines is 2. The lowest BCUT2D eigenvalue weighted by atomic mass is 10.0. The average Bonchev–Trinajstić information content (AvgIpc) is 2.90. The second-order valence-electron chi connectivity index (χ2n) is 7.25. The largest absolute Gasteiger partial charge is 0.495 e. The Morgan fingerprint density at radius 3 is 2.55 bits per heavy atom. The number of thiocarbonyl (C=S) groups is 1. The van der Waals surface area contributed by atoms with E-state index < -0.39 is 6.17 Å². The minimum absolute atomic E-state index is 0.225. The molecule has 0 spiro atoms. The number of nitrogens with zero attached hydrogens (tertiary/aromatic N) is 2. The van der Waals surface area contributed by atoms with Crippen molar-refractivity contribution in [2.24, 2.45) is 4.99 Å². The van der Waals surface area contributed by atoms with Crippen LogP contribution in [0.4, 0.5) is 11.4 Å². The van der Waals surface area contributed by atoms with E-state index >= 15 is 0 Å². The summed E-state index contributed by atoms with van der Waals surface area (Å²) in [5, 5.41) is 7.28. The van der Waals surface area contributed by atoms with Crippen molar-refractivity contribution in [2.75, 3.05) is 24.4 Å². The van der Waals surface area contributed by atoms with Gasteiger partial charge in [0.1, 0.15) is 5.75 Å². The van der Waals surface area contributed by atoms with Crippen LogP contribution < -0.4 is 20.3 Å². The van der Waals surface area contributed by atoms with Gasteiger partial charge in [0.25, 0.3) is 5.91 Å². The summed E-state index contributed by atoms with van der Waals surface area (Å²) in [6.45, 7) is 0. The molecule has 3 aromatic carbocycles. The minimum Gasteiger partial charge on any atom is -0.495 e. The van der Waals surface area contributed by atoms with Crippen LogP contribution in [0.15, 0.2) is 71.7 Å². The van der Waals surface area contributed by atoms with E-state index in [1.54, 1.807) is 43.3 Å². The Kier molecular flexibility index (Phi) is 6.83. The molecule has 0 fully saturated rings. The first-order valence-corrected chi connectivity index (χ1v) is 11.2. The Bertz CT molecular complexity index is 1250. The Balaban J connectivity index is 1.67. The van der Waals surface area contributed by atoms with E-state index in [2.05, 4.69) is 10.6 Å². The average molecular weight is 499 g/mol. The molecule has 1 aliphatic rings. The highest BCUT2D eigenvalue weighted by Crippen LogP contribution is 2.30. The molecule has 0 aromatic heterocycles. The highest BCUT2D eigenvalue weighted by Gasteiger charge is 2.30. The third-order valence-corrected chi connectivity index (χ3v) is 5.87. The molecule has 4 rings (SSSR count). The molecule has 1 unspecified atom stereocenters. The van der Waals surface area contributed by atoms with E-state index in [4.69, 9.17) is 45.1 Å². The number of carbonyl (C=O) groups is 1. The summed E-state index contributed by atoms with van der Waals surface area (Å²) in [5.41, 5.74) is 3.61. The van der Waals surface area contributed by atoms with Crippen LogP contribution in [0.3, 0.4) is 0 Å². The molecule has 0 saturated heterocycles. The quantitative estimate of drug-likeness (QED) is 0.488. The van der Waals surface area contributed by atoms with E-state index in [9.17, 15) is 4.79 Å². The van der Waals surface area contributed by atoms with E-state index in [-0.39, 0.29) is 11.0 Å². The van der Waals surface area contributed by atoms with Crippen LogP contribution in [0.1, 0.15) is 11.1 Å². The Labute approximate surface area is 207 Å². The number of hydrogen-bond donors (Lipinski definition) is 2. The third kappa shape index (κ3) is 4.95. The lowest BCUT2D eigenvalue weighted by Crippen LogP contribution is -2.47. The van der Waals surface area contributed by atoms with Gasteiger partial charge < -0.3 is 20.3 Å². The number of nitrogens with one attached hydrogen (secondary N) is 2. The van der Waals surface area contributed by atoms with Crippen molar-refractivity contribution in [2.45, 2.75) is 6.17 Å². The number of benzene rings is 3. The number of ether oxygens (including phenoxy) is 1. The fraction of sp³-hybridized carbons (Fsp3) is 0.125. The van der Waals surface area contributed by atoms with E-state index in [0.29, 0.717) is 32.9 Å². The maximum atomic E-state index is 13.3. The highest BCUT2D eigenvalue weighted by atomic mass is 35.5. The maximum Gasteiger partial charge on any atom is 0.272 e. The molecule has 1 heterocycles. The molecule has 9 heteroatoms. The number of methoxy groups -OCH3 is 1. The van der Waals surface area contributed by atoms with Crippen LogP contribution in [0, 0.1) is 0 Å². The minimum atomic E-state index is -0.954. The van der Waals surface area contributed by atoms with Gasteiger partial charge in [-0.1, -0.05) is 53.5 Å². The van der Waals surface area contributed by atoms with Crippen LogP contribution in [-0.4, -0.2) is 37.1 Å². The summed E-state index contributed by atoms with van der Waals surface area (Å²) in [6.07, 6.45) is -0.954. The lowest BCUT2D eigenvalue weighted by molar-refractivity contribution is -0.119. The number of rotatable bonds is 4. The Hall–Kier alpha value is -3.13. The molecule has 1 aliphatic heterocycles. The van der Waals surface area contributed by atoms with Crippen LogP contribution in [0.5, 0.6) is 5.75 Å². The summed E-state index contributed by atoms with van der Waals surface area (Å²) >= 11 is 17.9. The zero-order valence-electron chi connectivity index (χ0n) is 17.8. The second kappa shape index (κ2) is 9.79. The molecule has 33 heavy (non-hydrogen) atoms. The zero-order valence-corrected chi connectivity index (χ0v) is 20.1. The number of aliphatic imine (C=N–C) groups is 1. The fourth-order valence-corrected chi connectivity index (χ4v) is 4.16. The van der Waals surface area contributed by atoms with E-state index in [1.165, 1.54) is 0 Å². The first-order valence-electron chi connectivity index (χ1n) is 9.99. The van der Waals surface area contributed by atoms with Gasteiger partial charge in [0.05, 0.1) is 23.5 Å². The Morgan fingerprint density at radius 1 is 1.09 bits per heavy atom. The molecular weight excluding hydrogens is 479 g/mol. The zero-order chi connectivity index (χ0) is 23.5. The number of likely N-dealkylation sites (N-methyl/N-ethyl adjacent to an activating group) is 1. The number of fused-ring (bicyclic) bond motifs is 1. The van der Waals surface area contributed by atoms with Gasteiger partial charge in [-0.2, -0.15) is 0 Å². The number of hydrogen-bond acceptors (Lipinski definition) is 4. The van der Waals surface area contributed by atoms with Gasteiger partial charge in [-0.3, -0.25) is 4.79 Å². The van der Waals surface area contributed by atoms with E-state index in [1.807, 2.05) is 42.5 Å². The lowest BCUT2D eigenvalue weighted by Gasteiger charge is -2.22. The van der Waals surface area contributed by atoms with Crippen molar-refractivity contribution in [3.05, 3.63) is 87.9 Å². The molecule has 0 bridgehead atoms. The molecule has 0 radical (unpaired) electrons. The van der Waals surface area contributed by atoms with Crippen molar-refractivity contribution in [3.63, 3.8) is 0 Å².